The Labute approximate surface area is 218 Å². The normalized spacial score (nSPS) is 10.7. The second-order valence-corrected chi connectivity index (χ2v) is 7.79. The van der Waals surface area contributed by atoms with Crippen molar-refractivity contribution in [2.45, 2.75) is 0 Å². The van der Waals surface area contributed by atoms with Gasteiger partial charge in [0, 0.05) is 17.3 Å². The number of nitro groups is 2. The number of benzene rings is 3. The first-order valence-corrected chi connectivity index (χ1v) is 11.0. The number of rotatable bonds is 9. The lowest BCUT2D eigenvalue weighted by Gasteiger charge is -2.11. The molecule has 14 nitrogen and oxygen atoms in total. The zero-order valence-corrected chi connectivity index (χ0v) is 19.9. The number of amides is 1. The summed E-state index contributed by atoms with van der Waals surface area (Å²) in [7, 11) is 0. The summed E-state index contributed by atoms with van der Waals surface area (Å²) in [6.07, 6.45) is 1.05. The molecule has 1 aromatic heterocycles. The highest BCUT2D eigenvalue weighted by Gasteiger charge is 2.24. The molecule has 0 bridgehead atoms. The Morgan fingerprint density at radius 2 is 1.50 bits per heavy atom. The number of nitrogens with zero attached hydrogens (tertiary/aromatic N) is 6. The lowest BCUT2D eigenvalue weighted by molar-refractivity contribution is -0.384. The van der Waals surface area contributed by atoms with Gasteiger partial charge in [-0.25, -0.2) is 9.97 Å². The van der Waals surface area contributed by atoms with E-state index in [4.69, 9.17) is 11.6 Å². The fourth-order valence-corrected chi connectivity index (χ4v) is 3.26. The molecule has 0 radical (unpaired) electrons. The van der Waals surface area contributed by atoms with Crippen molar-refractivity contribution >= 4 is 57.6 Å². The third kappa shape index (κ3) is 6.19. The van der Waals surface area contributed by atoms with Gasteiger partial charge in [0.15, 0.2) is 0 Å². The Bertz CT molecular complexity index is 1530. The minimum atomic E-state index is -0.813. The zero-order valence-electron chi connectivity index (χ0n) is 19.1. The van der Waals surface area contributed by atoms with Gasteiger partial charge >= 0.3 is 5.69 Å². The van der Waals surface area contributed by atoms with Gasteiger partial charge in [0.05, 0.1) is 21.2 Å². The van der Waals surface area contributed by atoms with Crippen molar-refractivity contribution in [1.82, 2.24) is 15.4 Å². The van der Waals surface area contributed by atoms with Crippen LogP contribution in [0, 0.1) is 20.2 Å². The lowest BCUT2D eigenvalue weighted by atomic mass is 10.2. The van der Waals surface area contributed by atoms with Crippen LogP contribution in [0.2, 0.25) is 5.02 Å². The first kappa shape index (κ1) is 25.6. The van der Waals surface area contributed by atoms with Crippen LogP contribution in [0.5, 0.6) is 0 Å². The Hall–Kier alpha value is -5.50. The van der Waals surface area contributed by atoms with Crippen molar-refractivity contribution in [1.29, 1.82) is 0 Å². The Morgan fingerprint density at radius 3 is 2.16 bits per heavy atom. The molecule has 3 N–H and O–H groups in total. The quantitative estimate of drug-likeness (QED) is 0.134. The average molecular weight is 534 g/mol. The smallest absolute Gasteiger partial charge is 0.334 e. The number of aromatic nitrogens is 2. The van der Waals surface area contributed by atoms with Crippen LogP contribution in [0.15, 0.2) is 89.4 Å². The molecule has 1 amide bonds. The molecule has 0 aliphatic rings. The van der Waals surface area contributed by atoms with Crippen LogP contribution >= 0.6 is 11.6 Å². The van der Waals surface area contributed by atoms with Gasteiger partial charge in [0.2, 0.25) is 11.6 Å². The Kier molecular flexibility index (Phi) is 7.74. The summed E-state index contributed by atoms with van der Waals surface area (Å²) < 4.78 is 0. The van der Waals surface area contributed by atoms with E-state index in [9.17, 15) is 25.0 Å². The van der Waals surface area contributed by atoms with Crippen LogP contribution < -0.4 is 16.2 Å². The number of anilines is 3. The van der Waals surface area contributed by atoms with E-state index in [0.29, 0.717) is 17.1 Å². The van der Waals surface area contributed by atoms with Crippen molar-refractivity contribution < 1.29 is 14.6 Å². The molecule has 0 atom stereocenters. The number of nitro benzene ring substituents is 1. The van der Waals surface area contributed by atoms with E-state index in [0.717, 1.165) is 12.4 Å². The predicted molar refractivity (Wildman–Crippen MR) is 138 cm³/mol. The Morgan fingerprint density at radius 1 is 0.842 bits per heavy atom. The number of hydrazine groups is 1. The monoisotopic (exact) mass is 533 g/mol. The van der Waals surface area contributed by atoms with Crippen LogP contribution in [0.1, 0.15) is 10.4 Å². The summed E-state index contributed by atoms with van der Waals surface area (Å²) in [6, 6.07) is 19.2. The molecule has 190 valence electrons. The minimum Gasteiger partial charge on any atom is -0.334 e. The van der Waals surface area contributed by atoms with E-state index in [1.165, 1.54) is 12.1 Å². The van der Waals surface area contributed by atoms with Crippen molar-refractivity contribution in [2.24, 2.45) is 10.2 Å². The van der Waals surface area contributed by atoms with Crippen molar-refractivity contribution in [3.8, 4) is 0 Å². The van der Waals surface area contributed by atoms with E-state index in [1.807, 2.05) is 18.2 Å². The van der Waals surface area contributed by atoms with Gasteiger partial charge in [-0.2, -0.15) is 10.2 Å². The average Bonchev–Trinajstić information content (AvgIpc) is 2.92. The molecule has 0 aliphatic carbocycles. The fraction of sp³-hybridized carbons (Fsp3) is 0. The lowest BCUT2D eigenvalue weighted by Crippen LogP contribution is -2.30. The highest BCUT2D eigenvalue weighted by Crippen LogP contribution is 2.31. The SMILES string of the molecule is O=C(NNc1ncnc(Nc2ccc(N=Nc3ccccc3)cc2)c1[N+](=O)[O-])c1ccc(Cl)c([N+](=O)[O-])c1. The van der Waals surface area contributed by atoms with E-state index in [1.54, 1.807) is 36.4 Å². The molecule has 0 unspecified atom stereocenters. The summed E-state index contributed by atoms with van der Waals surface area (Å²) in [4.78, 5) is 41.6. The number of carbonyl (C=O) groups excluding carboxylic acids is 1. The molecule has 3 aromatic carbocycles. The molecule has 38 heavy (non-hydrogen) atoms. The number of nitrogens with one attached hydrogen (secondary N) is 3. The number of azo groups is 1. The maximum Gasteiger partial charge on any atom is 0.355 e. The molecule has 0 fully saturated rings. The fourth-order valence-electron chi connectivity index (χ4n) is 3.07. The maximum atomic E-state index is 12.5. The number of hydrogen-bond acceptors (Lipinski definition) is 11. The Balaban J connectivity index is 1.48. The van der Waals surface area contributed by atoms with Gasteiger partial charge in [-0.05, 0) is 48.5 Å². The summed E-state index contributed by atoms with van der Waals surface area (Å²) in [5.41, 5.74) is 5.17. The first-order valence-electron chi connectivity index (χ1n) is 10.7. The molecular weight excluding hydrogens is 518 g/mol. The third-order valence-corrected chi connectivity index (χ3v) is 5.19. The van der Waals surface area contributed by atoms with Crippen LogP contribution in [0.4, 0.5) is 40.1 Å². The number of halogens is 1. The van der Waals surface area contributed by atoms with Crippen LogP contribution in [0.25, 0.3) is 0 Å². The molecule has 15 heteroatoms. The van der Waals surface area contributed by atoms with E-state index >= 15 is 0 Å². The van der Waals surface area contributed by atoms with Crippen molar-refractivity contribution in [2.75, 3.05) is 10.7 Å². The van der Waals surface area contributed by atoms with E-state index in [2.05, 4.69) is 36.4 Å². The molecule has 0 saturated heterocycles. The minimum absolute atomic E-state index is 0.104. The molecule has 0 saturated carbocycles. The van der Waals surface area contributed by atoms with Gasteiger partial charge in [0.1, 0.15) is 11.3 Å². The summed E-state index contributed by atoms with van der Waals surface area (Å²) >= 11 is 5.76. The zero-order chi connectivity index (χ0) is 27.1. The second kappa shape index (κ2) is 11.5. The second-order valence-electron chi connectivity index (χ2n) is 7.39. The van der Waals surface area contributed by atoms with Gasteiger partial charge in [-0.3, -0.25) is 35.9 Å². The highest BCUT2D eigenvalue weighted by atomic mass is 35.5. The van der Waals surface area contributed by atoms with Gasteiger partial charge in [-0.1, -0.05) is 29.8 Å². The van der Waals surface area contributed by atoms with Crippen molar-refractivity contribution in [3.63, 3.8) is 0 Å². The summed E-state index contributed by atoms with van der Waals surface area (Å²) in [5.74, 6) is -1.28. The molecular formula is C23H16ClN9O5. The van der Waals surface area contributed by atoms with Gasteiger partial charge in [0.25, 0.3) is 11.6 Å². The summed E-state index contributed by atoms with van der Waals surface area (Å²) in [5, 5.41) is 33.8. The van der Waals surface area contributed by atoms with E-state index < -0.39 is 27.1 Å². The van der Waals surface area contributed by atoms with Gasteiger partial charge in [-0.15, -0.1) is 0 Å². The number of carbonyl (C=O) groups is 1. The maximum absolute atomic E-state index is 12.5. The predicted octanol–water partition coefficient (Wildman–Crippen LogP) is 5.86. The van der Waals surface area contributed by atoms with Crippen LogP contribution in [-0.2, 0) is 0 Å². The third-order valence-electron chi connectivity index (χ3n) is 4.87. The highest BCUT2D eigenvalue weighted by molar-refractivity contribution is 6.32. The topological polar surface area (TPSA) is 190 Å². The first-order chi connectivity index (χ1) is 18.3. The number of hydrogen-bond donors (Lipinski definition) is 3. The molecule has 0 aliphatic heterocycles. The molecule has 1 heterocycles. The van der Waals surface area contributed by atoms with Crippen LogP contribution in [-0.4, -0.2) is 25.7 Å². The van der Waals surface area contributed by atoms with E-state index in [-0.39, 0.29) is 22.2 Å². The standard InChI is InChI=1S/C23H16ClN9O5/c24-18-11-6-14(12-19(18)32(35)36)23(34)31-30-22-20(33(37)38)21(25-13-26-22)27-15-7-9-17(10-8-15)29-28-16-4-2-1-3-5-16/h1-13H,(H,31,34)(H2,25,26,27,30). The van der Waals surface area contributed by atoms with Gasteiger partial charge < -0.3 is 5.32 Å². The molecule has 4 rings (SSSR count). The molecule has 0 spiro atoms. The summed E-state index contributed by atoms with van der Waals surface area (Å²) in [6.45, 7) is 0. The largest absolute Gasteiger partial charge is 0.355 e. The van der Waals surface area contributed by atoms with Crippen molar-refractivity contribution in [3.05, 3.63) is 110 Å². The van der Waals surface area contributed by atoms with Crippen LogP contribution in [0.3, 0.4) is 0 Å². The molecule has 4 aromatic rings.